The van der Waals surface area contributed by atoms with Crippen LogP contribution >= 0.6 is 0 Å². The van der Waals surface area contributed by atoms with Crippen LogP contribution in [0, 0.1) is 0 Å². The van der Waals surface area contributed by atoms with Crippen LogP contribution in [0.3, 0.4) is 0 Å². The molecule has 4 atom stereocenters. The molecule has 0 fully saturated rings. The van der Waals surface area contributed by atoms with Gasteiger partial charge in [-0.05, 0) is 41.5 Å². The number of esters is 1. The minimum atomic E-state index is -1.57. The number of alkyl carbamates (subject to hydrolysis) is 1. The van der Waals surface area contributed by atoms with E-state index in [4.69, 9.17) is 9.84 Å². The molecule has 15 heteroatoms. The SMILES string of the molecule is COC(=O)[C@H](C)NC(=O)CNC(=O)[C@@H](CC(=O)O)NC(=O)[C@@H](C)NC(=O)[C@H](C)NC(=O)OC(C)(C)C. The lowest BCUT2D eigenvalue weighted by atomic mass is 10.1. The maximum absolute atomic E-state index is 12.5. The predicted octanol–water partition coefficient (Wildman–Crippen LogP) is -1.84. The highest BCUT2D eigenvalue weighted by Crippen LogP contribution is 2.06. The topological polar surface area (TPSA) is 218 Å². The zero-order valence-electron chi connectivity index (χ0n) is 21.3. The maximum Gasteiger partial charge on any atom is 0.408 e. The van der Waals surface area contributed by atoms with Gasteiger partial charge in [-0.3, -0.25) is 24.0 Å². The zero-order valence-corrected chi connectivity index (χ0v) is 21.3. The summed E-state index contributed by atoms with van der Waals surface area (Å²) in [6, 6.07) is -4.84. The number of amides is 5. The fraction of sp³-hybridized carbons (Fsp3) is 0.667. The Morgan fingerprint density at radius 2 is 1.31 bits per heavy atom. The second-order valence-corrected chi connectivity index (χ2v) is 8.79. The number of methoxy groups -OCH3 is 1. The third kappa shape index (κ3) is 13.1. The van der Waals surface area contributed by atoms with Gasteiger partial charge in [0.1, 0.15) is 29.8 Å². The summed E-state index contributed by atoms with van der Waals surface area (Å²) in [6.45, 7) is 8.32. The largest absolute Gasteiger partial charge is 0.481 e. The van der Waals surface area contributed by atoms with E-state index in [9.17, 15) is 33.6 Å². The molecule has 15 nitrogen and oxygen atoms in total. The van der Waals surface area contributed by atoms with Gasteiger partial charge in [0.2, 0.25) is 23.6 Å². The highest BCUT2D eigenvalue weighted by atomic mass is 16.6. The second kappa shape index (κ2) is 14.5. The van der Waals surface area contributed by atoms with E-state index in [1.165, 1.54) is 20.8 Å². The van der Waals surface area contributed by atoms with E-state index in [-0.39, 0.29) is 0 Å². The van der Waals surface area contributed by atoms with Crippen LogP contribution in [0.2, 0.25) is 0 Å². The average molecular weight is 518 g/mol. The lowest BCUT2D eigenvalue weighted by Crippen LogP contribution is -2.56. The van der Waals surface area contributed by atoms with Crippen LogP contribution < -0.4 is 26.6 Å². The summed E-state index contributed by atoms with van der Waals surface area (Å²) in [5.41, 5.74) is -0.784. The lowest BCUT2D eigenvalue weighted by Gasteiger charge is -2.23. The molecule has 0 rings (SSSR count). The number of rotatable bonds is 12. The molecule has 204 valence electrons. The smallest absolute Gasteiger partial charge is 0.408 e. The third-order valence-electron chi connectivity index (χ3n) is 4.25. The third-order valence-corrected chi connectivity index (χ3v) is 4.25. The van der Waals surface area contributed by atoms with Gasteiger partial charge < -0.3 is 41.2 Å². The molecule has 0 aromatic rings. The molecule has 36 heavy (non-hydrogen) atoms. The first-order valence-electron chi connectivity index (χ1n) is 10.9. The van der Waals surface area contributed by atoms with Crippen molar-refractivity contribution in [1.29, 1.82) is 0 Å². The molecule has 0 aliphatic carbocycles. The van der Waals surface area contributed by atoms with Crippen LogP contribution in [0.25, 0.3) is 0 Å². The van der Waals surface area contributed by atoms with E-state index in [1.54, 1.807) is 20.8 Å². The summed E-state index contributed by atoms with van der Waals surface area (Å²) in [6.07, 6.45) is -1.65. The van der Waals surface area contributed by atoms with Crippen molar-refractivity contribution >= 4 is 41.7 Å². The summed E-state index contributed by atoms with van der Waals surface area (Å²) in [5, 5.41) is 20.3. The molecule has 0 aromatic carbocycles. The molecular formula is C21H35N5O10. The van der Waals surface area contributed by atoms with E-state index in [0.717, 1.165) is 7.11 Å². The molecule has 6 N–H and O–H groups in total. The minimum absolute atomic E-state index is 0.605. The summed E-state index contributed by atoms with van der Waals surface area (Å²) < 4.78 is 9.50. The summed E-state index contributed by atoms with van der Waals surface area (Å²) in [7, 11) is 1.13. The van der Waals surface area contributed by atoms with E-state index in [0.29, 0.717) is 0 Å². The van der Waals surface area contributed by atoms with Gasteiger partial charge in [-0.2, -0.15) is 0 Å². The standard InChI is InChI=1S/C21H35N5O10/c1-10(24-16(30)11(2)25-20(34)36-21(4,5)6)17(31)26-13(8-15(28)29)18(32)22-9-14(27)23-12(3)19(33)35-7/h10-13H,8-9H2,1-7H3,(H,22,32)(H,23,27)(H,24,30)(H,25,34)(H,26,31)(H,28,29)/t10-,11+,12+,13-/m1/s1. The van der Waals surface area contributed by atoms with Crippen LogP contribution in [-0.2, 0) is 38.2 Å². The van der Waals surface area contributed by atoms with Gasteiger partial charge in [0.15, 0.2) is 0 Å². The van der Waals surface area contributed by atoms with E-state index in [1.807, 2.05) is 0 Å². The molecule has 0 spiro atoms. The van der Waals surface area contributed by atoms with Crippen LogP contribution in [0.15, 0.2) is 0 Å². The molecule has 0 aliphatic rings. The first kappa shape index (κ1) is 32.1. The van der Waals surface area contributed by atoms with Crippen LogP contribution in [0.1, 0.15) is 48.0 Å². The Balaban J connectivity index is 4.94. The number of hydrogen-bond acceptors (Lipinski definition) is 9. The van der Waals surface area contributed by atoms with Gasteiger partial charge in [0, 0.05) is 0 Å². The molecule has 0 radical (unpaired) electrons. The molecule has 5 amide bonds. The van der Waals surface area contributed by atoms with Gasteiger partial charge >= 0.3 is 18.0 Å². The number of ether oxygens (including phenoxy) is 2. The van der Waals surface area contributed by atoms with Crippen molar-refractivity contribution in [3.8, 4) is 0 Å². The zero-order chi connectivity index (χ0) is 28.2. The van der Waals surface area contributed by atoms with Crippen LogP contribution in [0.4, 0.5) is 4.79 Å². The number of hydrogen-bond donors (Lipinski definition) is 6. The monoisotopic (exact) mass is 517 g/mol. The fourth-order valence-electron chi connectivity index (χ4n) is 2.45. The van der Waals surface area contributed by atoms with Gasteiger partial charge in [-0.1, -0.05) is 0 Å². The molecule has 0 heterocycles. The molecule has 0 unspecified atom stereocenters. The Kier molecular flexibility index (Phi) is 12.9. The van der Waals surface area contributed by atoms with Crippen molar-refractivity contribution in [3.63, 3.8) is 0 Å². The van der Waals surface area contributed by atoms with Crippen LogP contribution in [0.5, 0.6) is 0 Å². The minimum Gasteiger partial charge on any atom is -0.481 e. The molecular weight excluding hydrogens is 482 g/mol. The number of carbonyl (C=O) groups excluding carboxylic acids is 6. The van der Waals surface area contributed by atoms with Crippen molar-refractivity contribution in [3.05, 3.63) is 0 Å². The van der Waals surface area contributed by atoms with E-state index >= 15 is 0 Å². The number of carboxylic acid groups (broad SMARTS) is 1. The number of aliphatic carboxylic acids is 1. The molecule has 0 bridgehead atoms. The Morgan fingerprint density at radius 1 is 0.778 bits per heavy atom. The Labute approximate surface area is 208 Å². The number of carboxylic acids is 1. The maximum atomic E-state index is 12.5. The summed E-state index contributed by atoms with van der Waals surface area (Å²) in [5.74, 6) is -5.49. The fourth-order valence-corrected chi connectivity index (χ4v) is 2.45. The summed E-state index contributed by atoms with van der Waals surface area (Å²) >= 11 is 0. The van der Waals surface area contributed by atoms with Gasteiger partial charge in [0.05, 0.1) is 20.1 Å². The average Bonchev–Trinajstić information content (AvgIpc) is 2.74. The number of carbonyl (C=O) groups is 7. The number of nitrogens with one attached hydrogen (secondary N) is 5. The second-order valence-electron chi connectivity index (χ2n) is 8.79. The van der Waals surface area contributed by atoms with Gasteiger partial charge in [-0.25, -0.2) is 9.59 Å². The van der Waals surface area contributed by atoms with E-state index in [2.05, 4.69) is 31.3 Å². The normalized spacial score (nSPS) is 14.1. The highest BCUT2D eigenvalue weighted by molar-refractivity contribution is 5.96. The molecule has 0 aliphatic heterocycles. The summed E-state index contributed by atoms with van der Waals surface area (Å²) in [4.78, 5) is 83.2. The van der Waals surface area contributed by atoms with Crippen molar-refractivity contribution in [2.45, 2.75) is 77.7 Å². The predicted molar refractivity (Wildman–Crippen MR) is 123 cm³/mol. The first-order chi connectivity index (χ1) is 16.5. The van der Waals surface area contributed by atoms with Crippen molar-refractivity contribution in [1.82, 2.24) is 26.6 Å². The van der Waals surface area contributed by atoms with Crippen LogP contribution in [-0.4, -0.2) is 90.2 Å². The molecule has 0 saturated heterocycles. The van der Waals surface area contributed by atoms with Crippen molar-refractivity contribution in [2.24, 2.45) is 0 Å². The van der Waals surface area contributed by atoms with E-state index < -0.39 is 84.4 Å². The van der Waals surface area contributed by atoms with Gasteiger partial charge in [0.25, 0.3) is 0 Å². The van der Waals surface area contributed by atoms with Crippen molar-refractivity contribution in [2.75, 3.05) is 13.7 Å². The quantitative estimate of drug-likeness (QED) is 0.159. The highest BCUT2D eigenvalue weighted by Gasteiger charge is 2.28. The Morgan fingerprint density at radius 3 is 1.81 bits per heavy atom. The first-order valence-corrected chi connectivity index (χ1v) is 10.9. The van der Waals surface area contributed by atoms with Gasteiger partial charge in [-0.15, -0.1) is 0 Å². The molecule has 0 aromatic heterocycles. The molecule has 0 saturated carbocycles. The Bertz CT molecular complexity index is 855. The Hall–Kier alpha value is -3.91. The lowest BCUT2D eigenvalue weighted by molar-refractivity contribution is -0.144. The van der Waals surface area contributed by atoms with Crippen molar-refractivity contribution < 1.29 is 48.1 Å².